The maximum Gasteiger partial charge on any atom is 0.122 e. The van der Waals surface area contributed by atoms with E-state index in [9.17, 15) is 0 Å². The lowest BCUT2D eigenvalue weighted by Crippen LogP contribution is -2.31. The predicted octanol–water partition coefficient (Wildman–Crippen LogP) is 2.82. The van der Waals surface area contributed by atoms with Gasteiger partial charge >= 0.3 is 0 Å². The SMILES string of the molecule is Cc1c(C#N)ccc(OC2CCC(N)CC2)c1C. The van der Waals surface area contributed by atoms with Crippen LogP contribution in [-0.4, -0.2) is 12.1 Å². The molecule has 1 aliphatic rings. The summed E-state index contributed by atoms with van der Waals surface area (Å²) in [6.07, 6.45) is 4.41. The molecule has 0 amide bonds. The van der Waals surface area contributed by atoms with E-state index in [1.54, 1.807) is 0 Å². The normalized spacial score (nSPS) is 23.4. The first-order chi connectivity index (χ1) is 8.61. The molecule has 1 aliphatic carbocycles. The van der Waals surface area contributed by atoms with Crippen molar-refractivity contribution in [2.45, 2.75) is 51.7 Å². The number of nitrogens with zero attached hydrogens (tertiary/aromatic N) is 1. The van der Waals surface area contributed by atoms with E-state index in [0.717, 1.165) is 48.1 Å². The van der Waals surface area contributed by atoms with Crippen molar-refractivity contribution in [2.75, 3.05) is 0 Å². The molecule has 1 fully saturated rings. The van der Waals surface area contributed by atoms with Gasteiger partial charge in [-0.05, 0) is 62.8 Å². The van der Waals surface area contributed by atoms with Crippen molar-refractivity contribution in [3.05, 3.63) is 28.8 Å². The van der Waals surface area contributed by atoms with Crippen molar-refractivity contribution in [3.8, 4) is 11.8 Å². The summed E-state index contributed by atoms with van der Waals surface area (Å²) in [6, 6.07) is 6.29. The van der Waals surface area contributed by atoms with Crippen LogP contribution in [0.25, 0.3) is 0 Å². The molecule has 0 unspecified atom stereocenters. The molecule has 1 saturated carbocycles. The number of benzene rings is 1. The van der Waals surface area contributed by atoms with Crippen molar-refractivity contribution >= 4 is 0 Å². The monoisotopic (exact) mass is 244 g/mol. The Morgan fingerprint density at radius 1 is 1.17 bits per heavy atom. The van der Waals surface area contributed by atoms with Gasteiger partial charge in [-0.2, -0.15) is 5.26 Å². The van der Waals surface area contributed by atoms with E-state index in [2.05, 4.69) is 6.07 Å². The van der Waals surface area contributed by atoms with Crippen molar-refractivity contribution in [3.63, 3.8) is 0 Å². The first-order valence-electron chi connectivity index (χ1n) is 6.54. The number of nitriles is 1. The third-order valence-electron chi connectivity index (χ3n) is 3.87. The van der Waals surface area contributed by atoms with Crippen LogP contribution in [0.15, 0.2) is 12.1 Å². The van der Waals surface area contributed by atoms with Crippen LogP contribution in [-0.2, 0) is 0 Å². The van der Waals surface area contributed by atoms with E-state index < -0.39 is 0 Å². The topological polar surface area (TPSA) is 59.0 Å². The van der Waals surface area contributed by atoms with E-state index in [-0.39, 0.29) is 6.10 Å². The van der Waals surface area contributed by atoms with Crippen LogP contribution in [0.1, 0.15) is 42.4 Å². The smallest absolute Gasteiger partial charge is 0.122 e. The summed E-state index contributed by atoms with van der Waals surface area (Å²) >= 11 is 0. The Bertz CT molecular complexity index is 468. The molecule has 0 spiro atoms. The minimum Gasteiger partial charge on any atom is -0.490 e. The maximum atomic E-state index is 8.98. The molecule has 0 aromatic heterocycles. The fourth-order valence-corrected chi connectivity index (χ4v) is 2.43. The Morgan fingerprint density at radius 3 is 2.44 bits per heavy atom. The first-order valence-corrected chi connectivity index (χ1v) is 6.54. The lowest BCUT2D eigenvalue weighted by Gasteiger charge is -2.27. The van der Waals surface area contributed by atoms with Gasteiger partial charge in [-0.25, -0.2) is 0 Å². The molecule has 0 saturated heterocycles. The van der Waals surface area contributed by atoms with Gasteiger partial charge in [0.1, 0.15) is 5.75 Å². The molecule has 0 heterocycles. The van der Waals surface area contributed by atoms with Crippen molar-refractivity contribution < 1.29 is 4.74 Å². The van der Waals surface area contributed by atoms with Crippen LogP contribution in [0.2, 0.25) is 0 Å². The predicted molar refractivity (Wildman–Crippen MR) is 71.5 cm³/mol. The van der Waals surface area contributed by atoms with E-state index in [1.807, 2.05) is 26.0 Å². The molecule has 18 heavy (non-hydrogen) atoms. The molecule has 0 bridgehead atoms. The van der Waals surface area contributed by atoms with Gasteiger partial charge in [0.25, 0.3) is 0 Å². The van der Waals surface area contributed by atoms with Gasteiger partial charge in [-0.3, -0.25) is 0 Å². The summed E-state index contributed by atoms with van der Waals surface area (Å²) in [7, 11) is 0. The average molecular weight is 244 g/mol. The van der Waals surface area contributed by atoms with Crippen molar-refractivity contribution in [2.24, 2.45) is 5.73 Å². The molecule has 96 valence electrons. The number of rotatable bonds is 2. The highest BCUT2D eigenvalue weighted by atomic mass is 16.5. The highest BCUT2D eigenvalue weighted by molar-refractivity contribution is 5.48. The van der Waals surface area contributed by atoms with E-state index >= 15 is 0 Å². The van der Waals surface area contributed by atoms with Gasteiger partial charge in [-0.1, -0.05) is 0 Å². The summed E-state index contributed by atoms with van der Waals surface area (Å²) in [6.45, 7) is 3.98. The molecule has 2 rings (SSSR count). The van der Waals surface area contributed by atoms with Crippen molar-refractivity contribution in [1.29, 1.82) is 5.26 Å². The highest BCUT2D eigenvalue weighted by Gasteiger charge is 2.20. The Labute approximate surface area is 109 Å². The quantitative estimate of drug-likeness (QED) is 0.870. The lowest BCUT2D eigenvalue weighted by atomic mass is 9.93. The maximum absolute atomic E-state index is 8.98. The molecular weight excluding hydrogens is 224 g/mol. The second-order valence-corrected chi connectivity index (χ2v) is 5.13. The number of ether oxygens (including phenoxy) is 1. The molecule has 1 aromatic rings. The first kappa shape index (κ1) is 12.9. The van der Waals surface area contributed by atoms with Crippen LogP contribution in [0.3, 0.4) is 0 Å². The second-order valence-electron chi connectivity index (χ2n) is 5.13. The van der Waals surface area contributed by atoms with E-state index in [1.165, 1.54) is 0 Å². The molecule has 2 N–H and O–H groups in total. The fraction of sp³-hybridized carbons (Fsp3) is 0.533. The second kappa shape index (κ2) is 5.41. The summed E-state index contributed by atoms with van der Waals surface area (Å²) < 4.78 is 6.05. The zero-order valence-corrected chi connectivity index (χ0v) is 11.1. The minimum atomic E-state index is 0.274. The zero-order chi connectivity index (χ0) is 13.1. The summed E-state index contributed by atoms with van der Waals surface area (Å²) in [5.74, 6) is 0.909. The van der Waals surface area contributed by atoms with Crippen LogP contribution >= 0.6 is 0 Å². The molecule has 1 aromatic carbocycles. The standard InChI is InChI=1S/C15H20N2O/c1-10-11(2)15(8-3-12(10)9-16)18-14-6-4-13(17)5-7-14/h3,8,13-14H,4-7,17H2,1-2H3. The van der Waals surface area contributed by atoms with Gasteiger partial charge in [-0.15, -0.1) is 0 Å². The number of hydrogen-bond donors (Lipinski definition) is 1. The van der Waals surface area contributed by atoms with E-state index in [0.29, 0.717) is 6.04 Å². The fourth-order valence-electron chi connectivity index (χ4n) is 2.43. The highest BCUT2D eigenvalue weighted by Crippen LogP contribution is 2.28. The third kappa shape index (κ3) is 2.65. The van der Waals surface area contributed by atoms with Crippen LogP contribution in [0.5, 0.6) is 5.75 Å². The third-order valence-corrected chi connectivity index (χ3v) is 3.87. The summed E-state index contributed by atoms with van der Waals surface area (Å²) in [5, 5.41) is 8.98. The number of hydrogen-bond acceptors (Lipinski definition) is 3. The van der Waals surface area contributed by atoms with E-state index in [4.69, 9.17) is 15.7 Å². The molecule has 0 radical (unpaired) electrons. The Hall–Kier alpha value is -1.53. The number of nitrogens with two attached hydrogens (primary N) is 1. The molecule has 0 atom stereocenters. The van der Waals surface area contributed by atoms with Crippen LogP contribution in [0.4, 0.5) is 0 Å². The lowest BCUT2D eigenvalue weighted by molar-refractivity contribution is 0.146. The largest absolute Gasteiger partial charge is 0.490 e. The van der Waals surface area contributed by atoms with Gasteiger partial charge in [0.2, 0.25) is 0 Å². The molecular formula is C15H20N2O. The van der Waals surface area contributed by atoms with Crippen molar-refractivity contribution in [1.82, 2.24) is 0 Å². The zero-order valence-electron chi connectivity index (χ0n) is 11.1. The van der Waals surface area contributed by atoms with Gasteiger partial charge < -0.3 is 10.5 Å². The Morgan fingerprint density at radius 2 is 1.83 bits per heavy atom. The molecule has 0 aliphatic heterocycles. The average Bonchev–Trinajstić information content (AvgIpc) is 2.38. The summed E-state index contributed by atoms with van der Waals surface area (Å²) in [4.78, 5) is 0. The van der Waals surface area contributed by atoms with Crippen LogP contribution in [0, 0.1) is 25.2 Å². The summed E-state index contributed by atoms with van der Waals surface area (Å²) in [5.41, 5.74) is 8.71. The molecule has 3 nitrogen and oxygen atoms in total. The van der Waals surface area contributed by atoms with Gasteiger partial charge in [0, 0.05) is 6.04 Å². The van der Waals surface area contributed by atoms with Crippen LogP contribution < -0.4 is 10.5 Å². The Kier molecular flexibility index (Phi) is 3.88. The minimum absolute atomic E-state index is 0.274. The Balaban J connectivity index is 2.11. The molecule has 3 heteroatoms. The van der Waals surface area contributed by atoms with Gasteiger partial charge in [0.05, 0.1) is 17.7 Å². The van der Waals surface area contributed by atoms with Gasteiger partial charge in [0.15, 0.2) is 0 Å².